The van der Waals surface area contributed by atoms with Crippen LogP contribution in [-0.4, -0.2) is 47.3 Å². The van der Waals surface area contributed by atoms with Crippen molar-refractivity contribution in [2.24, 2.45) is 11.8 Å². The highest BCUT2D eigenvalue weighted by atomic mass is 16.2. The molecule has 0 saturated carbocycles. The zero-order valence-electron chi connectivity index (χ0n) is 17.4. The zero-order valence-corrected chi connectivity index (χ0v) is 17.4. The molecule has 2 atom stereocenters. The number of nitrogens with one attached hydrogen (secondary N) is 1. The third-order valence-corrected chi connectivity index (χ3v) is 6.03. The number of carbonyl (C=O) groups is 3. The first-order valence-corrected chi connectivity index (χ1v) is 10.4. The molecule has 0 spiro atoms. The molecule has 0 aliphatic carbocycles. The Morgan fingerprint density at radius 2 is 1.43 bits per heavy atom. The van der Waals surface area contributed by atoms with E-state index in [2.05, 4.69) is 19.2 Å². The van der Waals surface area contributed by atoms with Crippen molar-refractivity contribution in [2.75, 3.05) is 19.6 Å². The second kappa shape index (κ2) is 7.94. The number of rotatable bonds is 4. The Morgan fingerprint density at radius 3 is 1.93 bits per heavy atom. The smallest absolute Gasteiger partial charge is 0.326 e. The molecule has 0 aromatic heterocycles. The minimum absolute atomic E-state index is 0.186. The van der Waals surface area contributed by atoms with Crippen LogP contribution in [0.2, 0.25) is 0 Å². The average molecular weight is 405 g/mol. The molecule has 0 unspecified atom stereocenters. The van der Waals surface area contributed by atoms with E-state index in [-0.39, 0.29) is 12.5 Å². The number of imide groups is 1. The van der Waals surface area contributed by atoms with E-state index in [9.17, 15) is 14.4 Å². The molecular weight excluding hydrogens is 378 g/mol. The van der Waals surface area contributed by atoms with Gasteiger partial charge in [0.15, 0.2) is 5.54 Å². The Kier molecular flexibility index (Phi) is 5.33. The van der Waals surface area contributed by atoms with Crippen molar-refractivity contribution in [3.05, 3.63) is 71.8 Å². The highest BCUT2D eigenvalue weighted by molar-refractivity contribution is 6.11. The first-order valence-electron chi connectivity index (χ1n) is 10.4. The molecule has 30 heavy (non-hydrogen) atoms. The molecule has 156 valence electrons. The maximum absolute atomic E-state index is 13.7. The minimum Gasteiger partial charge on any atom is -0.341 e. The molecule has 2 aliphatic heterocycles. The summed E-state index contributed by atoms with van der Waals surface area (Å²) in [6.45, 7) is 5.33. The number of hydrogen-bond donors (Lipinski definition) is 1. The topological polar surface area (TPSA) is 69.7 Å². The highest BCUT2D eigenvalue weighted by Gasteiger charge is 2.54. The van der Waals surface area contributed by atoms with E-state index in [0.717, 1.165) is 11.3 Å². The van der Waals surface area contributed by atoms with Crippen LogP contribution in [0.3, 0.4) is 0 Å². The number of likely N-dealkylation sites (tertiary alicyclic amines) is 1. The lowest BCUT2D eigenvalue weighted by molar-refractivity contribution is -0.140. The van der Waals surface area contributed by atoms with Crippen LogP contribution in [0.15, 0.2) is 60.7 Å². The first kappa shape index (κ1) is 20.1. The predicted octanol–water partition coefficient (Wildman–Crippen LogP) is 2.99. The SMILES string of the molecule is C[C@@H]1C[C@@H](C)CN(C(=O)CN2C(=O)NC(c3ccccc3)(c3ccccc3)C2=O)C1. The summed E-state index contributed by atoms with van der Waals surface area (Å²) < 4.78 is 0. The van der Waals surface area contributed by atoms with Crippen LogP contribution in [0.25, 0.3) is 0 Å². The Hall–Kier alpha value is -3.15. The van der Waals surface area contributed by atoms with Gasteiger partial charge in [0.25, 0.3) is 5.91 Å². The number of benzene rings is 2. The quantitative estimate of drug-likeness (QED) is 0.795. The predicted molar refractivity (Wildman–Crippen MR) is 113 cm³/mol. The Bertz CT molecular complexity index is 895. The largest absolute Gasteiger partial charge is 0.341 e. The molecule has 4 rings (SSSR count). The van der Waals surface area contributed by atoms with Crippen LogP contribution in [0.1, 0.15) is 31.4 Å². The van der Waals surface area contributed by atoms with Crippen molar-refractivity contribution < 1.29 is 14.4 Å². The van der Waals surface area contributed by atoms with Crippen LogP contribution in [0.4, 0.5) is 4.79 Å². The number of nitrogens with zero attached hydrogens (tertiary/aromatic N) is 2. The van der Waals surface area contributed by atoms with Gasteiger partial charge in [-0.2, -0.15) is 0 Å². The Morgan fingerprint density at radius 1 is 0.933 bits per heavy atom. The van der Waals surface area contributed by atoms with Crippen molar-refractivity contribution in [3.63, 3.8) is 0 Å². The van der Waals surface area contributed by atoms with Gasteiger partial charge in [0.1, 0.15) is 6.54 Å². The number of hydrogen-bond acceptors (Lipinski definition) is 3. The monoisotopic (exact) mass is 405 g/mol. The molecule has 2 aromatic rings. The Balaban J connectivity index is 1.65. The fourth-order valence-electron chi connectivity index (χ4n) is 4.76. The average Bonchev–Trinajstić information content (AvgIpc) is 3.00. The molecule has 2 aromatic carbocycles. The van der Waals surface area contributed by atoms with Crippen LogP contribution in [-0.2, 0) is 15.1 Å². The van der Waals surface area contributed by atoms with Crippen molar-refractivity contribution in [1.29, 1.82) is 0 Å². The van der Waals surface area contributed by atoms with Crippen molar-refractivity contribution in [1.82, 2.24) is 15.1 Å². The summed E-state index contributed by atoms with van der Waals surface area (Å²) in [7, 11) is 0. The van der Waals surface area contributed by atoms with E-state index in [4.69, 9.17) is 0 Å². The number of carbonyl (C=O) groups excluding carboxylic acids is 3. The molecule has 4 amide bonds. The van der Waals surface area contributed by atoms with Crippen molar-refractivity contribution >= 4 is 17.8 Å². The molecule has 6 heteroatoms. The minimum atomic E-state index is -1.33. The summed E-state index contributed by atoms with van der Waals surface area (Å²) in [6, 6.07) is 17.8. The number of piperidine rings is 1. The number of amides is 4. The molecular formula is C24H27N3O3. The normalized spacial score (nSPS) is 23.4. The third-order valence-electron chi connectivity index (χ3n) is 6.03. The van der Waals surface area contributed by atoms with Gasteiger partial charge in [0.05, 0.1) is 0 Å². The zero-order chi connectivity index (χ0) is 21.3. The molecule has 1 N–H and O–H groups in total. The molecule has 2 fully saturated rings. The van der Waals surface area contributed by atoms with Gasteiger partial charge in [-0.25, -0.2) is 4.79 Å². The summed E-state index contributed by atoms with van der Waals surface area (Å²) in [4.78, 5) is 42.4. The fourth-order valence-corrected chi connectivity index (χ4v) is 4.76. The van der Waals surface area contributed by atoms with Gasteiger partial charge in [0.2, 0.25) is 5.91 Å². The van der Waals surface area contributed by atoms with Crippen molar-refractivity contribution in [2.45, 2.75) is 25.8 Å². The third kappa shape index (κ3) is 3.47. The van der Waals surface area contributed by atoms with Crippen LogP contribution in [0, 0.1) is 11.8 Å². The molecule has 0 bridgehead atoms. The first-order chi connectivity index (χ1) is 14.4. The lowest BCUT2D eigenvalue weighted by Gasteiger charge is -2.35. The summed E-state index contributed by atoms with van der Waals surface area (Å²) >= 11 is 0. The van der Waals surface area contributed by atoms with Gasteiger partial charge in [-0.3, -0.25) is 14.5 Å². The summed E-state index contributed by atoms with van der Waals surface area (Å²) in [5.41, 5.74) is 0.0111. The van der Waals surface area contributed by atoms with Gasteiger partial charge < -0.3 is 10.2 Å². The van der Waals surface area contributed by atoms with Crippen LogP contribution < -0.4 is 5.32 Å². The lowest BCUT2D eigenvalue weighted by Crippen LogP contribution is -2.49. The fraction of sp³-hybridized carbons (Fsp3) is 0.375. The second-order valence-corrected chi connectivity index (χ2v) is 8.55. The van der Waals surface area contributed by atoms with Gasteiger partial charge in [0, 0.05) is 13.1 Å². The summed E-state index contributed by atoms with van der Waals surface area (Å²) in [5.74, 6) is 0.215. The van der Waals surface area contributed by atoms with E-state index < -0.39 is 17.5 Å². The second-order valence-electron chi connectivity index (χ2n) is 8.55. The van der Waals surface area contributed by atoms with E-state index in [1.165, 1.54) is 0 Å². The van der Waals surface area contributed by atoms with Gasteiger partial charge in [-0.1, -0.05) is 74.5 Å². The molecule has 2 saturated heterocycles. The number of urea groups is 1. The molecule has 2 heterocycles. The van der Waals surface area contributed by atoms with Gasteiger partial charge >= 0.3 is 6.03 Å². The van der Waals surface area contributed by atoms with E-state index in [1.54, 1.807) is 4.90 Å². The van der Waals surface area contributed by atoms with Crippen LogP contribution in [0.5, 0.6) is 0 Å². The van der Waals surface area contributed by atoms with Crippen LogP contribution >= 0.6 is 0 Å². The summed E-state index contributed by atoms with van der Waals surface area (Å²) in [5, 5.41) is 2.89. The lowest BCUT2D eigenvalue weighted by atomic mass is 9.82. The maximum Gasteiger partial charge on any atom is 0.326 e. The maximum atomic E-state index is 13.7. The highest BCUT2D eigenvalue weighted by Crippen LogP contribution is 2.36. The summed E-state index contributed by atoms with van der Waals surface area (Å²) in [6.07, 6.45) is 1.08. The Labute approximate surface area is 176 Å². The van der Waals surface area contributed by atoms with E-state index in [0.29, 0.717) is 36.1 Å². The van der Waals surface area contributed by atoms with Gasteiger partial charge in [-0.05, 0) is 29.4 Å². The van der Waals surface area contributed by atoms with Gasteiger partial charge in [-0.15, -0.1) is 0 Å². The molecule has 0 radical (unpaired) electrons. The molecule has 6 nitrogen and oxygen atoms in total. The van der Waals surface area contributed by atoms with Crippen molar-refractivity contribution in [3.8, 4) is 0 Å². The standard InChI is InChI=1S/C24H27N3O3/c1-17-13-18(2)15-26(14-17)21(28)16-27-22(29)24(25-23(27)30,19-9-5-3-6-10-19)20-11-7-4-8-12-20/h3-12,17-18H,13-16H2,1-2H3,(H,25,30)/t17-,18-/m1/s1. The van der Waals surface area contributed by atoms with E-state index in [1.807, 2.05) is 60.7 Å². The molecule has 2 aliphatic rings. The van der Waals surface area contributed by atoms with E-state index >= 15 is 0 Å².